The molecule has 78 valence electrons. The lowest BCUT2D eigenvalue weighted by molar-refractivity contribution is 0.290. The topological polar surface area (TPSA) is 61.0 Å². The third kappa shape index (κ3) is 3.30. The van der Waals surface area contributed by atoms with Crippen LogP contribution in [0, 0.1) is 0 Å². The van der Waals surface area contributed by atoms with Gasteiger partial charge in [-0.25, -0.2) is 4.98 Å². The van der Waals surface area contributed by atoms with Gasteiger partial charge in [0.1, 0.15) is 5.69 Å². The van der Waals surface area contributed by atoms with Gasteiger partial charge in [0.2, 0.25) is 5.88 Å². The van der Waals surface area contributed by atoms with E-state index in [9.17, 15) is 0 Å². The molecule has 0 fully saturated rings. The minimum Gasteiger partial charge on any atom is -0.476 e. The second kappa shape index (κ2) is 6.32. The molecule has 0 spiro atoms. The van der Waals surface area contributed by atoms with Gasteiger partial charge in [-0.2, -0.15) is 0 Å². The predicted molar refractivity (Wildman–Crippen MR) is 54.9 cm³/mol. The number of nitrogens with zero attached hydrogens (tertiary/aromatic N) is 2. The van der Waals surface area contributed by atoms with Crippen molar-refractivity contribution in [2.75, 3.05) is 6.61 Å². The molecule has 1 aromatic rings. The van der Waals surface area contributed by atoms with Gasteiger partial charge < -0.3 is 10.5 Å². The van der Waals surface area contributed by atoms with Crippen molar-refractivity contribution in [2.24, 2.45) is 5.73 Å². The Morgan fingerprint density at radius 2 is 2.07 bits per heavy atom. The maximum atomic E-state index is 5.50. The molecule has 0 unspecified atom stereocenters. The Labute approximate surface area is 84.5 Å². The highest BCUT2D eigenvalue weighted by molar-refractivity contribution is 5.16. The highest BCUT2D eigenvalue weighted by Crippen LogP contribution is 2.10. The van der Waals surface area contributed by atoms with Crippen molar-refractivity contribution in [1.29, 1.82) is 0 Å². The lowest BCUT2D eigenvalue weighted by atomic mass is 10.3. The number of hydrogen-bond donors (Lipinski definition) is 1. The molecule has 0 aromatic carbocycles. The monoisotopic (exact) mass is 195 g/mol. The van der Waals surface area contributed by atoms with E-state index in [-0.39, 0.29) is 0 Å². The van der Waals surface area contributed by atoms with E-state index in [2.05, 4.69) is 16.9 Å². The normalized spacial score (nSPS) is 10.1. The predicted octanol–water partition coefficient (Wildman–Crippen LogP) is 1.50. The van der Waals surface area contributed by atoms with Gasteiger partial charge in [0, 0.05) is 18.9 Å². The quantitative estimate of drug-likeness (QED) is 0.699. The summed E-state index contributed by atoms with van der Waals surface area (Å²) in [6.45, 7) is 3.23. The van der Waals surface area contributed by atoms with E-state index in [0.717, 1.165) is 12.1 Å². The summed E-state index contributed by atoms with van der Waals surface area (Å²) in [5.41, 5.74) is 6.22. The Kier molecular flexibility index (Phi) is 4.93. The molecule has 0 aliphatic rings. The first-order valence-corrected chi connectivity index (χ1v) is 5.01. The summed E-state index contributed by atoms with van der Waals surface area (Å²) in [6.07, 6.45) is 6.66. The number of unbranched alkanes of at least 4 members (excludes halogenated alkanes) is 2. The van der Waals surface area contributed by atoms with Gasteiger partial charge in [-0.05, 0) is 6.42 Å². The van der Waals surface area contributed by atoms with Gasteiger partial charge in [0.25, 0.3) is 0 Å². The maximum absolute atomic E-state index is 5.50. The van der Waals surface area contributed by atoms with Gasteiger partial charge in [0.15, 0.2) is 0 Å². The molecule has 1 aromatic heterocycles. The molecule has 0 bridgehead atoms. The molecule has 0 amide bonds. The van der Waals surface area contributed by atoms with Gasteiger partial charge in [-0.1, -0.05) is 19.8 Å². The lowest BCUT2D eigenvalue weighted by Crippen LogP contribution is -2.07. The first kappa shape index (κ1) is 10.9. The zero-order chi connectivity index (χ0) is 10.2. The van der Waals surface area contributed by atoms with Crippen molar-refractivity contribution in [3.05, 3.63) is 18.1 Å². The summed E-state index contributed by atoms with van der Waals surface area (Å²) < 4.78 is 5.48. The first-order valence-electron chi connectivity index (χ1n) is 5.01. The molecule has 0 aliphatic carbocycles. The summed E-state index contributed by atoms with van der Waals surface area (Å²) in [5.74, 6) is 0.575. The second-order valence-corrected chi connectivity index (χ2v) is 3.07. The van der Waals surface area contributed by atoms with Crippen molar-refractivity contribution in [3.8, 4) is 5.88 Å². The number of aromatic nitrogens is 2. The Hall–Kier alpha value is -1.16. The van der Waals surface area contributed by atoms with E-state index in [1.807, 2.05) is 0 Å². The smallest absolute Gasteiger partial charge is 0.236 e. The van der Waals surface area contributed by atoms with Gasteiger partial charge >= 0.3 is 0 Å². The summed E-state index contributed by atoms with van der Waals surface area (Å²) in [6, 6.07) is 0. The zero-order valence-electron chi connectivity index (χ0n) is 8.57. The van der Waals surface area contributed by atoms with Crippen molar-refractivity contribution < 1.29 is 4.74 Å². The largest absolute Gasteiger partial charge is 0.476 e. The average molecular weight is 195 g/mol. The summed E-state index contributed by atoms with van der Waals surface area (Å²) in [5, 5.41) is 0. The molecule has 2 N–H and O–H groups in total. The van der Waals surface area contributed by atoms with Crippen LogP contribution >= 0.6 is 0 Å². The highest BCUT2D eigenvalue weighted by Gasteiger charge is 2.03. The van der Waals surface area contributed by atoms with Crippen LogP contribution in [0.1, 0.15) is 31.9 Å². The fraction of sp³-hybridized carbons (Fsp3) is 0.600. The fourth-order valence-electron chi connectivity index (χ4n) is 1.14. The lowest BCUT2D eigenvalue weighted by Gasteiger charge is -2.06. The zero-order valence-corrected chi connectivity index (χ0v) is 8.57. The van der Waals surface area contributed by atoms with Crippen LogP contribution in [0.4, 0.5) is 0 Å². The highest BCUT2D eigenvalue weighted by atomic mass is 16.5. The molecule has 0 saturated heterocycles. The average Bonchev–Trinajstić information content (AvgIpc) is 2.25. The third-order valence-electron chi connectivity index (χ3n) is 1.92. The summed E-state index contributed by atoms with van der Waals surface area (Å²) >= 11 is 0. The molecule has 0 saturated carbocycles. The molecule has 14 heavy (non-hydrogen) atoms. The molecule has 0 aliphatic heterocycles. The van der Waals surface area contributed by atoms with Crippen molar-refractivity contribution in [1.82, 2.24) is 9.97 Å². The van der Waals surface area contributed by atoms with E-state index in [0.29, 0.717) is 19.0 Å². The molecule has 0 atom stereocenters. The standard InChI is InChI=1S/C10H17N3O/c1-2-3-4-7-14-10-9(8-11)12-5-6-13-10/h5-6H,2-4,7-8,11H2,1H3. The Bertz CT molecular complexity index is 265. The van der Waals surface area contributed by atoms with Crippen LogP contribution in [0.2, 0.25) is 0 Å². The molecular formula is C10H17N3O. The van der Waals surface area contributed by atoms with Crippen LogP contribution in [0.3, 0.4) is 0 Å². The Balaban J connectivity index is 2.41. The minimum absolute atomic E-state index is 0.372. The number of hydrogen-bond acceptors (Lipinski definition) is 4. The SMILES string of the molecule is CCCCCOc1nccnc1CN. The van der Waals surface area contributed by atoms with Crippen LogP contribution in [0.15, 0.2) is 12.4 Å². The number of rotatable bonds is 6. The molecule has 1 heterocycles. The van der Waals surface area contributed by atoms with Crippen LogP contribution in [-0.4, -0.2) is 16.6 Å². The van der Waals surface area contributed by atoms with E-state index in [4.69, 9.17) is 10.5 Å². The summed E-state index contributed by atoms with van der Waals surface area (Å²) in [7, 11) is 0. The van der Waals surface area contributed by atoms with Crippen LogP contribution in [-0.2, 0) is 6.54 Å². The van der Waals surface area contributed by atoms with Crippen molar-refractivity contribution in [3.63, 3.8) is 0 Å². The summed E-state index contributed by atoms with van der Waals surface area (Å²) in [4.78, 5) is 8.17. The third-order valence-corrected chi connectivity index (χ3v) is 1.92. The Morgan fingerprint density at radius 3 is 2.79 bits per heavy atom. The Morgan fingerprint density at radius 1 is 1.29 bits per heavy atom. The van der Waals surface area contributed by atoms with Gasteiger partial charge in [-0.3, -0.25) is 4.98 Å². The fourth-order valence-corrected chi connectivity index (χ4v) is 1.14. The van der Waals surface area contributed by atoms with E-state index in [1.54, 1.807) is 12.4 Å². The number of nitrogens with two attached hydrogens (primary N) is 1. The van der Waals surface area contributed by atoms with Crippen LogP contribution in [0.25, 0.3) is 0 Å². The van der Waals surface area contributed by atoms with Crippen LogP contribution < -0.4 is 10.5 Å². The molecule has 1 rings (SSSR count). The van der Waals surface area contributed by atoms with E-state index in [1.165, 1.54) is 12.8 Å². The molecular weight excluding hydrogens is 178 g/mol. The first-order chi connectivity index (χ1) is 6.88. The molecule has 4 nitrogen and oxygen atoms in total. The van der Waals surface area contributed by atoms with Crippen molar-refractivity contribution >= 4 is 0 Å². The van der Waals surface area contributed by atoms with Gasteiger partial charge in [0.05, 0.1) is 6.61 Å². The van der Waals surface area contributed by atoms with Gasteiger partial charge in [-0.15, -0.1) is 0 Å². The van der Waals surface area contributed by atoms with E-state index >= 15 is 0 Å². The van der Waals surface area contributed by atoms with Crippen molar-refractivity contribution in [2.45, 2.75) is 32.7 Å². The maximum Gasteiger partial charge on any atom is 0.236 e. The van der Waals surface area contributed by atoms with E-state index < -0.39 is 0 Å². The second-order valence-electron chi connectivity index (χ2n) is 3.07. The molecule has 4 heteroatoms. The molecule has 0 radical (unpaired) electrons. The minimum atomic E-state index is 0.372. The van der Waals surface area contributed by atoms with Crippen LogP contribution in [0.5, 0.6) is 5.88 Å². The number of ether oxygens (including phenoxy) is 1.